The first-order valence-electron chi connectivity index (χ1n) is 8.56. The lowest BCUT2D eigenvalue weighted by Gasteiger charge is -2.28. The van der Waals surface area contributed by atoms with Crippen molar-refractivity contribution < 1.29 is 4.79 Å². The van der Waals surface area contributed by atoms with Gasteiger partial charge in [-0.3, -0.25) is 4.79 Å². The maximum atomic E-state index is 12.4. The Morgan fingerprint density at radius 1 is 1.20 bits per heavy atom. The van der Waals surface area contributed by atoms with E-state index in [0.29, 0.717) is 16.6 Å². The number of carbonyl (C=O) groups is 1. The lowest BCUT2D eigenvalue weighted by atomic mass is 9.85. The van der Waals surface area contributed by atoms with Crippen LogP contribution < -0.4 is 5.32 Å². The number of pyridine rings is 1. The van der Waals surface area contributed by atoms with Crippen molar-refractivity contribution in [2.24, 2.45) is 0 Å². The van der Waals surface area contributed by atoms with E-state index in [1.165, 1.54) is 6.20 Å². The monoisotopic (exact) mass is 354 g/mol. The Morgan fingerprint density at radius 2 is 2.08 bits per heavy atom. The molecule has 1 amide bonds. The molecule has 2 N–H and O–H groups in total. The highest BCUT2D eigenvalue weighted by Gasteiger charge is 2.26. The van der Waals surface area contributed by atoms with Crippen LogP contribution in [0.4, 0.5) is 0 Å². The third-order valence-corrected chi connectivity index (χ3v) is 5.02. The Morgan fingerprint density at radius 3 is 2.88 bits per heavy atom. The summed E-state index contributed by atoms with van der Waals surface area (Å²) in [5, 5.41) is 3.51. The van der Waals surface area contributed by atoms with Crippen LogP contribution in [0, 0.1) is 0 Å². The summed E-state index contributed by atoms with van der Waals surface area (Å²) in [6.45, 7) is 0. The number of fused-ring (bicyclic) bond motifs is 1. The minimum atomic E-state index is -0.0978. The minimum Gasteiger partial charge on any atom is -0.349 e. The predicted molar refractivity (Wildman–Crippen MR) is 97.8 cm³/mol. The first-order valence-corrected chi connectivity index (χ1v) is 8.94. The quantitative estimate of drug-likeness (QED) is 0.696. The number of halogens is 1. The van der Waals surface area contributed by atoms with Crippen LogP contribution in [0.2, 0.25) is 5.15 Å². The Balaban J connectivity index is 1.45. The molecule has 0 spiro atoms. The van der Waals surface area contributed by atoms with Gasteiger partial charge in [-0.05, 0) is 43.5 Å². The van der Waals surface area contributed by atoms with E-state index >= 15 is 0 Å². The lowest BCUT2D eigenvalue weighted by molar-refractivity contribution is 0.0924. The van der Waals surface area contributed by atoms with Crippen molar-refractivity contribution in [3.8, 4) is 0 Å². The predicted octanol–water partition coefficient (Wildman–Crippen LogP) is 4.07. The van der Waals surface area contributed by atoms with Gasteiger partial charge >= 0.3 is 0 Å². The second kappa shape index (κ2) is 6.84. The second-order valence-electron chi connectivity index (χ2n) is 6.54. The summed E-state index contributed by atoms with van der Waals surface area (Å²) in [7, 11) is 0. The molecule has 1 saturated carbocycles. The highest BCUT2D eigenvalue weighted by Crippen LogP contribution is 2.32. The van der Waals surface area contributed by atoms with E-state index in [4.69, 9.17) is 16.6 Å². The van der Waals surface area contributed by atoms with Crippen molar-refractivity contribution >= 4 is 28.5 Å². The number of nitrogens with zero attached hydrogens (tertiary/aromatic N) is 2. The van der Waals surface area contributed by atoms with Crippen LogP contribution in [0.1, 0.15) is 47.8 Å². The first-order chi connectivity index (χ1) is 12.2. The standard InChI is InChI=1S/C19H19ClN4O/c20-17-9-8-13(11-21-17)19(25)22-14-5-3-4-12(10-14)18-23-15-6-1-2-7-16(15)24-18/h1-2,6-9,11-12,14H,3-5,10H2,(H,22,25)(H,23,24). The van der Waals surface area contributed by atoms with Crippen LogP contribution in [0.15, 0.2) is 42.6 Å². The van der Waals surface area contributed by atoms with E-state index in [9.17, 15) is 4.79 Å². The van der Waals surface area contributed by atoms with Gasteiger partial charge in [0, 0.05) is 18.2 Å². The third kappa shape index (κ3) is 3.51. The fraction of sp³-hybridized carbons (Fsp3) is 0.316. The van der Waals surface area contributed by atoms with E-state index in [-0.39, 0.29) is 11.9 Å². The van der Waals surface area contributed by atoms with Crippen molar-refractivity contribution in [1.82, 2.24) is 20.3 Å². The van der Waals surface area contributed by atoms with Crippen molar-refractivity contribution in [2.45, 2.75) is 37.6 Å². The van der Waals surface area contributed by atoms with Gasteiger partial charge in [0.05, 0.1) is 16.6 Å². The summed E-state index contributed by atoms with van der Waals surface area (Å²) in [5.74, 6) is 1.27. The molecule has 25 heavy (non-hydrogen) atoms. The first kappa shape index (κ1) is 16.1. The van der Waals surface area contributed by atoms with Gasteiger partial charge in [0.2, 0.25) is 0 Å². The Bertz CT molecular complexity index is 857. The molecule has 1 aliphatic carbocycles. The largest absolute Gasteiger partial charge is 0.349 e. The summed E-state index contributed by atoms with van der Waals surface area (Å²) < 4.78 is 0. The summed E-state index contributed by atoms with van der Waals surface area (Å²) in [6.07, 6.45) is 5.56. The molecule has 5 nitrogen and oxygen atoms in total. The van der Waals surface area contributed by atoms with Crippen molar-refractivity contribution in [1.29, 1.82) is 0 Å². The van der Waals surface area contributed by atoms with Gasteiger partial charge in [-0.2, -0.15) is 0 Å². The molecule has 3 aromatic rings. The fourth-order valence-electron chi connectivity index (χ4n) is 3.51. The van der Waals surface area contributed by atoms with Gasteiger partial charge < -0.3 is 10.3 Å². The molecule has 128 valence electrons. The fourth-order valence-corrected chi connectivity index (χ4v) is 3.63. The highest BCUT2D eigenvalue weighted by atomic mass is 35.5. The molecule has 1 aliphatic rings. The number of aromatic nitrogens is 3. The van der Waals surface area contributed by atoms with Gasteiger partial charge in [0.25, 0.3) is 5.91 Å². The van der Waals surface area contributed by atoms with Crippen LogP contribution in [-0.4, -0.2) is 26.9 Å². The molecule has 6 heteroatoms. The molecule has 2 unspecified atom stereocenters. The van der Waals surface area contributed by atoms with Gasteiger partial charge in [-0.1, -0.05) is 30.2 Å². The molecule has 0 radical (unpaired) electrons. The maximum Gasteiger partial charge on any atom is 0.253 e. The molecule has 0 saturated heterocycles. The molecule has 2 aromatic heterocycles. The zero-order chi connectivity index (χ0) is 17.2. The topological polar surface area (TPSA) is 70.7 Å². The summed E-state index contributed by atoms with van der Waals surface area (Å²) >= 11 is 5.78. The van der Waals surface area contributed by atoms with Crippen molar-refractivity contribution in [3.63, 3.8) is 0 Å². The molecule has 4 rings (SSSR count). The Labute approximate surface area is 150 Å². The summed E-state index contributed by atoms with van der Waals surface area (Å²) in [5.41, 5.74) is 2.60. The number of rotatable bonds is 3. The number of carbonyl (C=O) groups excluding carboxylic acids is 1. The molecule has 2 heterocycles. The van der Waals surface area contributed by atoms with Crippen LogP contribution in [0.25, 0.3) is 11.0 Å². The van der Waals surface area contributed by atoms with Crippen LogP contribution >= 0.6 is 11.6 Å². The Kier molecular flexibility index (Phi) is 4.40. The summed E-state index contributed by atoms with van der Waals surface area (Å²) in [4.78, 5) is 24.5. The van der Waals surface area contributed by atoms with Crippen molar-refractivity contribution in [2.75, 3.05) is 0 Å². The number of amides is 1. The number of imidazole rings is 1. The number of nitrogens with one attached hydrogen (secondary N) is 2. The number of H-pyrrole nitrogens is 1. The van der Waals surface area contributed by atoms with E-state index in [1.807, 2.05) is 24.3 Å². The van der Waals surface area contributed by atoms with Crippen molar-refractivity contribution in [3.05, 3.63) is 59.1 Å². The van der Waals surface area contributed by atoms with Gasteiger partial charge in [-0.15, -0.1) is 0 Å². The van der Waals surface area contributed by atoms with E-state index < -0.39 is 0 Å². The van der Waals surface area contributed by atoms with E-state index in [2.05, 4.69) is 15.3 Å². The molecule has 0 aliphatic heterocycles. The zero-order valence-corrected chi connectivity index (χ0v) is 14.5. The van der Waals surface area contributed by atoms with Crippen LogP contribution in [0.3, 0.4) is 0 Å². The lowest BCUT2D eigenvalue weighted by Crippen LogP contribution is -2.38. The molecule has 2 atom stereocenters. The van der Waals surface area contributed by atoms with Gasteiger partial charge in [0.1, 0.15) is 11.0 Å². The maximum absolute atomic E-state index is 12.4. The van der Waals surface area contributed by atoms with Crippen LogP contribution in [0.5, 0.6) is 0 Å². The highest BCUT2D eigenvalue weighted by molar-refractivity contribution is 6.29. The van der Waals surface area contributed by atoms with Gasteiger partial charge in [0.15, 0.2) is 0 Å². The van der Waals surface area contributed by atoms with Crippen LogP contribution in [-0.2, 0) is 0 Å². The molecular weight excluding hydrogens is 336 g/mol. The average molecular weight is 355 g/mol. The number of aromatic amines is 1. The minimum absolute atomic E-state index is 0.0978. The third-order valence-electron chi connectivity index (χ3n) is 4.79. The molecular formula is C19H19ClN4O. The van der Waals surface area contributed by atoms with E-state index in [1.54, 1.807) is 12.1 Å². The number of para-hydroxylation sites is 2. The van der Waals surface area contributed by atoms with E-state index in [0.717, 1.165) is 42.5 Å². The molecule has 0 bridgehead atoms. The molecule has 1 fully saturated rings. The number of hydrogen-bond donors (Lipinski definition) is 2. The SMILES string of the molecule is O=C(NC1CCCC(c2nc3ccccc3[nH]2)C1)c1ccc(Cl)nc1. The average Bonchev–Trinajstić information content (AvgIpc) is 3.07. The number of hydrogen-bond acceptors (Lipinski definition) is 3. The smallest absolute Gasteiger partial charge is 0.253 e. The summed E-state index contributed by atoms with van der Waals surface area (Å²) in [6, 6.07) is 11.5. The zero-order valence-electron chi connectivity index (χ0n) is 13.7. The number of benzene rings is 1. The Hall–Kier alpha value is -2.40. The van der Waals surface area contributed by atoms with Gasteiger partial charge in [-0.25, -0.2) is 9.97 Å². The molecule has 1 aromatic carbocycles. The normalized spacial score (nSPS) is 20.5. The second-order valence-corrected chi connectivity index (χ2v) is 6.93.